The normalized spacial score (nSPS) is 14.4. The predicted octanol–water partition coefficient (Wildman–Crippen LogP) is 4.08. The average Bonchev–Trinajstić information content (AvgIpc) is 2.87. The molecule has 1 N–H and O–H groups in total. The molecule has 0 spiro atoms. The smallest absolute Gasteiger partial charge is 0.259 e. The average molecular weight is 340 g/mol. The van der Waals surface area contributed by atoms with Gasteiger partial charge in [-0.15, -0.1) is 0 Å². The minimum Gasteiger partial charge on any atom is -0.466 e. The van der Waals surface area contributed by atoms with Crippen LogP contribution >= 0.6 is 0 Å². The molecule has 1 aliphatic rings. The van der Waals surface area contributed by atoms with Gasteiger partial charge in [0.2, 0.25) is 0 Å². The van der Waals surface area contributed by atoms with Crippen LogP contribution in [0.15, 0.2) is 28.7 Å². The second-order valence-electron chi connectivity index (χ2n) is 6.60. The molecule has 0 unspecified atom stereocenters. The minimum atomic E-state index is -0.213. The van der Waals surface area contributed by atoms with Crippen molar-refractivity contribution in [3.05, 3.63) is 52.5 Å². The third-order valence-corrected chi connectivity index (χ3v) is 4.80. The van der Waals surface area contributed by atoms with Crippen LogP contribution in [0.4, 0.5) is 5.69 Å². The summed E-state index contributed by atoms with van der Waals surface area (Å²) in [4.78, 5) is 27.1. The Labute approximate surface area is 148 Å². The molecule has 2 amide bonds. The Morgan fingerprint density at radius 1 is 1.04 bits per heavy atom. The summed E-state index contributed by atoms with van der Waals surface area (Å²) in [5, 5.41) is 2.88. The number of nitrogens with one attached hydrogen (secondary N) is 1. The zero-order chi connectivity index (χ0) is 18.0. The van der Waals surface area contributed by atoms with Crippen molar-refractivity contribution in [2.75, 3.05) is 18.4 Å². The number of likely N-dealkylation sites (tertiary alicyclic amines) is 1. The molecule has 5 heteroatoms. The number of amides is 2. The highest BCUT2D eigenvalue weighted by Gasteiger charge is 2.20. The molecule has 1 aromatic carbocycles. The van der Waals surface area contributed by atoms with Gasteiger partial charge in [0.05, 0.1) is 5.56 Å². The summed E-state index contributed by atoms with van der Waals surface area (Å²) in [5.41, 5.74) is 2.63. The molecule has 0 radical (unpaired) electrons. The van der Waals surface area contributed by atoms with Gasteiger partial charge in [0.15, 0.2) is 0 Å². The van der Waals surface area contributed by atoms with Crippen molar-refractivity contribution in [3.8, 4) is 0 Å². The molecule has 5 nitrogen and oxygen atoms in total. The molecule has 132 valence electrons. The molecule has 0 aliphatic carbocycles. The first-order valence-electron chi connectivity index (χ1n) is 8.74. The highest BCUT2D eigenvalue weighted by Crippen LogP contribution is 2.23. The van der Waals surface area contributed by atoms with E-state index in [1.54, 1.807) is 31.2 Å². The van der Waals surface area contributed by atoms with Crippen molar-refractivity contribution in [1.82, 2.24) is 4.90 Å². The highest BCUT2D eigenvalue weighted by atomic mass is 16.3. The summed E-state index contributed by atoms with van der Waals surface area (Å²) in [5.74, 6) is 1.17. The molecule has 2 aromatic rings. The number of anilines is 1. The van der Waals surface area contributed by atoms with Crippen molar-refractivity contribution in [2.45, 2.75) is 40.0 Å². The van der Waals surface area contributed by atoms with E-state index in [1.165, 1.54) is 6.42 Å². The summed E-state index contributed by atoms with van der Waals surface area (Å²) < 4.78 is 5.52. The van der Waals surface area contributed by atoms with Crippen LogP contribution < -0.4 is 5.32 Å². The van der Waals surface area contributed by atoms with Gasteiger partial charge in [-0.25, -0.2) is 0 Å². The lowest BCUT2D eigenvalue weighted by atomic mass is 10.1. The van der Waals surface area contributed by atoms with Crippen molar-refractivity contribution < 1.29 is 14.0 Å². The first-order valence-corrected chi connectivity index (χ1v) is 8.74. The number of aryl methyl sites for hydroxylation is 2. The van der Waals surface area contributed by atoms with Gasteiger partial charge in [-0.2, -0.15) is 0 Å². The maximum absolute atomic E-state index is 12.6. The maximum Gasteiger partial charge on any atom is 0.259 e. The third kappa shape index (κ3) is 3.60. The van der Waals surface area contributed by atoms with Crippen molar-refractivity contribution in [3.63, 3.8) is 0 Å². The van der Waals surface area contributed by atoms with E-state index >= 15 is 0 Å². The predicted molar refractivity (Wildman–Crippen MR) is 97.1 cm³/mol. The summed E-state index contributed by atoms with van der Waals surface area (Å²) in [7, 11) is 0. The Bertz CT molecular complexity index is 801. The number of nitrogens with zero attached hydrogens (tertiary/aromatic N) is 1. The molecular formula is C20H24N2O3. The summed E-state index contributed by atoms with van der Waals surface area (Å²) in [6.07, 6.45) is 3.30. The number of carbonyl (C=O) groups is 2. The standard InChI is InChI=1S/C20H24N2O3/c1-13-14(2)25-15(3)18(13)19(23)21-17-9-7-8-16(12-17)20(24)22-10-5-4-6-11-22/h7-9,12H,4-6,10-11H2,1-3H3,(H,21,23). The molecular weight excluding hydrogens is 316 g/mol. The lowest BCUT2D eigenvalue weighted by Gasteiger charge is -2.26. The summed E-state index contributed by atoms with van der Waals surface area (Å²) >= 11 is 0. The molecule has 1 aromatic heterocycles. The van der Waals surface area contributed by atoms with Crippen LogP contribution in [0.25, 0.3) is 0 Å². The topological polar surface area (TPSA) is 62.6 Å². The van der Waals surface area contributed by atoms with Gasteiger partial charge < -0.3 is 14.6 Å². The van der Waals surface area contributed by atoms with E-state index < -0.39 is 0 Å². The number of piperidine rings is 1. The number of rotatable bonds is 3. The van der Waals surface area contributed by atoms with E-state index in [9.17, 15) is 9.59 Å². The van der Waals surface area contributed by atoms with E-state index in [0.29, 0.717) is 22.6 Å². The number of furan rings is 1. The fraction of sp³-hybridized carbons (Fsp3) is 0.400. The van der Waals surface area contributed by atoms with E-state index in [4.69, 9.17) is 4.42 Å². The molecule has 3 rings (SSSR count). The molecule has 1 saturated heterocycles. The molecule has 1 aliphatic heterocycles. The second-order valence-corrected chi connectivity index (χ2v) is 6.60. The van der Waals surface area contributed by atoms with Gasteiger partial charge in [0, 0.05) is 29.9 Å². The summed E-state index contributed by atoms with van der Waals surface area (Å²) in [6.45, 7) is 7.11. The molecule has 0 bridgehead atoms. The fourth-order valence-corrected chi connectivity index (χ4v) is 3.33. The third-order valence-electron chi connectivity index (χ3n) is 4.80. The van der Waals surface area contributed by atoms with E-state index in [1.807, 2.05) is 18.7 Å². The van der Waals surface area contributed by atoms with Crippen LogP contribution in [0.1, 0.15) is 57.1 Å². The number of carbonyl (C=O) groups excluding carboxylic acids is 2. The zero-order valence-electron chi connectivity index (χ0n) is 15.0. The van der Waals surface area contributed by atoms with E-state index in [0.717, 1.165) is 37.3 Å². The number of hydrogen-bond acceptors (Lipinski definition) is 3. The number of hydrogen-bond donors (Lipinski definition) is 1. The van der Waals surface area contributed by atoms with Crippen molar-refractivity contribution in [1.29, 1.82) is 0 Å². The van der Waals surface area contributed by atoms with Gasteiger partial charge in [-0.1, -0.05) is 6.07 Å². The lowest BCUT2D eigenvalue weighted by Crippen LogP contribution is -2.35. The fourth-order valence-electron chi connectivity index (χ4n) is 3.33. The largest absolute Gasteiger partial charge is 0.466 e. The Morgan fingerprint density at radius 3 is 2.40 bits per heavy atom. The molecule has 0 atom stereocenters. The Morgan fingerprint density at radius 2 is 1.76 bits per heavy atom. The molecule has 0 saturated carbocycles. The zero-order valence-corrected chi connectivity index (χ0v) is 15.0. The van der Waals surface area contributed by atoms with Gasteiger partial charge in [-0.3, -0.25) is 9.59 Å². The monoisotopic (exact) mass is 340 g/mol. The van der Waals surface area contributed by atoms with Gasteiger partial charge in [0.1, 0.15) is 11.5 Å². The van der Waals surface area contributed by atoms with Crippen LogP contribution in [0.5, 0.6) is 0 Å². The SMILES string of the molecule is Cc1oc(C)c(C(=O)Nc2cccc(C(=O)N3CCCCC3)c2)c1C. The van der Waals surface area contributed by atoms with Crippen LogP contribution in [-0.2, 0) is 0 Å². The van der Waals surface area contributed by atoms with Crippen molar-refractivity contribution >= 4 is 17.5 Å². The molecule has 25 heavy (non-hydrogen) atoms. The first-order chi connectivity index (χ1) is 12.0. The lowest BCUT2D eigenvalue weighted by molar-refractivity contribution is 0.0724. The van der Waals surface area contributed by atoms with Crippen LogP contribution in [-0.4, -0.2) is 29.8 Å². The molecule has 1 fully saturated rings. The first kappa shape index (κ1) is 17.3. The van der Waals surface area contributed by atoms with Gasteiger partial charge in [0.25, 0.3) is 11.8 Å². The Balaban J connectivity index is 1.77. The second kappa shape index (κ2) is 7.13. The highest BCUT2D eigenvalue weighted by molar-refractivity contribution is 6.06. The van der Waals surface area contributed by atoms with Crippen LogP contribution in [0.3, 0.4) is 0 Å². The Kier molecular flexibility index (Phi) is 4.93. The Hall–Kier alpha value is -2.56. The van der Waals surface area contributed by atoms with E-state index in [-0.39, 0.29) is 11.8 Å². The minimum absolute atomic E-state index is 0.0299. The maximum atomic E-state index is 12.6. The van der Waals surface area contributed by atoms with Crippen molar-refractivity contribution in [2.24, 2.45) is 0 Å². The molecule has 2 heterocycles. The van der Waals surface area contributed by atoms with Gasteiger partial charge >= 0.3 is 0 Å². The number of benzene rings is 1. The van der Waals surface area contributed by atoms with Gasteiger partial charge in [-0.05, 0) is 58.2 Å². The van der Waals surface area contributed by atoms with Crippen LogP contribution in [0.2, 0.25) is 0 Å². The van der Waals surface area contributed by atoms with Crippen LogP contribution in [0, 0.1) is 20.8 Å². The quantitative estimate of drug-likeness (QED) is 0.915. The summed E-state index contributed by atoms with van der Waals surface area (Å²) in [6, 6.07) is 7.13. The van der Waals surface area contributed by atoms with E-state index in [2.05, 4.69) is 5.32 Å².